The lowest BCUT2D eigenvalue weighted by Crippen LogP contribution is -2.35. The summed E-state index contributed by atoms with van der Waals surface area (Å²) in [5, 5.41) is 2.15. The first kappa shape index (κ1) is 18.8. The second kappa shape index (κ2) is 8.02. The van der Waals surface area contributed by atoms with E-state index in [0.29, 0.717) is 5.69 Å². The second-order valence-corrected chi connectivity index (χ2v) is 6.03. The van der Waals surface area contributed by atoms with Crippen LogP contribution in [0.15, 0.2) is 53.7 Å². The maximum absolute atomic E-state index is 12.6. The molecule has 9 heteroatoms. The summed E-state index contributed by atoms with van der Waals surface area (Å²) < 4.78 is 37.7. The maximum atomic E-state index is 12.6. The van der Waals surface area contributed by atoms with E-state index >= 15 is 0 Å². The van der Waals surface area contributed by atoms with E-state index in [0.717, 1.165) is 4.90 Å². The van der Waals surface area contributed by atoms with Gasteiger partial charge in [-0.1, -0.05) is 18.2 Å². The molecule has 2 rings (SSSR count). The fraction of sp³-hybridized carbons (Fsp3) is 0.188. The molecule has 132 valence electrons. The first-order valence-electron chi connectivity index (χ1n) is 7.07. The van der Waals surface area contributed by atoms with E-state index in [1.165, 1.54) is 25.4 Å². The summed E-state index contributed by atoms with van der Waals surface area (Å²) in [6.45, 7) is -0.307. The van der Waals surface area contributed by atoms with Crippen LogP contribution in [0.3, 0.4) is 0 Å². The lowest BCUT2D eigenvalue weighted by atomic mass is 10.2. The SMILES string of the molecule is CN(CC(=O)Nc1ccccc1)C(=O)c1cccnc1SC(F)(F)F. The Bertz CT molecular complexity index is 754. The number of nitrogens with zero attached hydrogens (tertiary/aromatic N) is 2. The monoisotopic (exact) mass is 369 g/mol. The van der Waals surface area contributed by atoms with Gasteiger partial charge < -0.3 is 10.2 Å². The molecule has 0 aliphatic heterocycles. The number of carbonyl (C=O) groups is 2. The van der Waals surface area contributed by atoms with Crippen LogP contribution in [0.25, 0.3) is 0 Å². The molecule has 1 N–H and O–H groups in total. The normalized spacial score (nSPS) is 11.0. The number of thioether (sulfide) groups is 1. The van der Waals surface area contributed by atoms with Crippen molar-refractivity contribution < 1.29 is 22.8 Å². The van der Waals surface area contributed by atoms with E-state index < -0.39 is 34.1 Å². The first-order valence-corrected chi connectivity index (χ1v) is 7.89. The van der Waals surface area contributed by atoms with Crippen LogP contribution in [0.2, 0.25) is 0 Å². The van der Waals surface area contributed by atoms with Crippen LogP contribution >= 0.6 is 11.8 Å². The number of rotatable bonds is 5. The van der Waals surface area contributed by atoms with Gasteiger partial charge in [-0.3, -0.25) is 9.59 Å². The molecule has 0 aliphatic rings. The Balaban J connectivity index is 2.06. The average Bonchev–Trinajstić information content (AvgIpc) is 2.54. The van der Waals surface area contributed by atoms with E-state index in [1.807, 2.05) is 0 Å². The summed E-state index contributed by atoms with van der Waals surface area (Å²) >= 11 is -0.465. The minimum atomic E-state index is -4.56. The van der Waals surface area contributed by atoms with E-state index in [2.05, 4.69) is 10.3 Å². The Hall–Kier alpha value is -2.55. The van der Waals surface area contributed by atoms with E-state index in [1.54, 1.807) is 30.3 Å². The predicted octanol–water partition coefficient (Wildman–Crippen LogP) is 3.40. The molecule has 2 amide bonds. The molecule has 0 fully saturated rings. The summed E-state index contributed by atoms with van der Waals surface area (Å²) in [4.78, 5) is 29.0. The highest BCUT2D eigenvalue weighted by Crippen LogP contribution is 2.37. The molecule has 1 aromatic heterocycles. The van der Waals surface area contributed by atoms with Crippen LogP contribution < -0.4 is 5.32 Å². The van der Waals surface area contributed by atoms with Crippen molar-refractivity contribution in [2.45, 2.75) is 10.5 Å². The van der Waals surface area contributed by atoms with Crippen LogP contribution in [0.1, 0.15) is 10.4 Å². The number of carbonyl (C=O) groups excluding carboxylic acids is 2. The average molecular weight is 369 g/mol. The second-order valence-electron chi connectivity index (χ2n) is 4.98. The lowest BCUT2D eigenvalue weighted by Gasteiger charge is -2.18. The fourth-order valence-electron chi connectivity index (χ4n) is 1.96. The third-order valence-electron chi connectivity index (χ3n) is 3.00. The number of likely N-dealkylation sites (N-methyl/N-ethyl adjacent to an activating group) is 1. The molecule has 0 saturated heterocycles. The van der Waals surface area contributed by atoms with Gasteiger partial charge in [-0.25, -0.2) is 4.98 Å². The molecule has 0 aliphatic carbocycles. The van der Waals surface area contributed by atoms with Crippen LogP contribution in [0.5, 0.6) is 0 Å². The highest BCUT2D eigenvalue weighted by atomic mass is 32.2. The van der Waals surface area contributed by atoms with Crippen molar-refractivity contribution in [1.82, 2.24) is 9.88 Å². The Labute approximate surface area is 146 Å². The molecule has 25 heavy (non-hydrogen) atoms. The number of hydrogen-bond acceptors (Lipinski definition) is 4. The van der Waals surface area contributed by atoms with Crippen molar-refractivity contribution in [1.29, 1.82) is 0 Å². The van der Waals surface area contributed by atoms with Gasteiger partial charge in [0.1, 0.15) is 5.03 Å². The number of halogens is 3. The number of para-hydroxylation sites is 1. The summed E-state index contributed by atoms with van der Waals surface area (Å²) in [5.74, 6) is -1.18. The topological polar surface area (TPSA) is 62.3 Å². The van der Waals surface area contributed by atoms with Crippen molar-refractivity contribution in [2.75, 3.05) is 18.9 Å². The number of hydrogen-bond donors (Lipinski definition) is 1. The minimum absolute atomic E-state index is 0.208. The summed E-state index contributed by atoms with van der Waals surface area (Å²) in [6, 6.07) is 11.2. The molecule has 1 aromatic carbocycles. The fourth-order valence-corrected chi connectivity index (χ4v) is 2.56. The number of nitrogens with one attached hydrogen (secondary N) is 1. The molecule has 2 aromatic rings. The first-order chi connectivity index (χ1) is 11.8. The summed E-state index contributed by atoms with van der Waals surface area (Å²) in [5.41, 5.74) is -4.21. The van der Waals surface area contributed by atoms with E-state index in [-0.39, 0.29) is 12.1 Å². The molecule has 5 nitrogen and oxygen atoms in total. The van der Waals surface area contributed by atoms with E-state index in [9.17, 15) is 22.8 Å². The zero-order valence-electron chi connectivity index (χ0n) is 13.1. The number of aromatic nitrogens is 1. The molecule has 0 bridgehead atoms. The van der Waals surface area contributed by atoms with Gasteiger partial charge in [0.05, 0.1) is 12.1 Å². The number of anilines is 1. The van der Waals surface area contributed by atoms with Crippen LogP contribution in [-0.2, 0) is 4.79 Å². The summed E-state index contributed by atoms with van der Waals surface area (Å²) in [6.07, 6.45) is 1.17. The number of alkyl halides is 3. The smallest absolute Gasteiger partial charge is 0.332 e. The van der Waals surface area contributed by atoms with Gasteiger partial charge in [-0.2, -0.15) is 13.2 Å². The van der Waals surface area contributed by atoms with Crippen LogP contribution in [0.4, 0.5) is 18.9 Å². The predicted molar refractivity (Wildman–Crippen MR) is 88.2 cm³/mol. The third kappa shape index (κ3) is 5.79. The van der Waals surface area contributed by atoms with Crippen molar-refractivity contribution in [3.05, 3.63) is 54.2 Å². The molecule has 0 radical (unpaired) electrons. The lowest BCUT2D eigenvalue weighted by molar-refractivity contribution is -0.116. The third-order valence-corrected chi connectivity index (χ3v) is 3.75. The molecule has 0 atom stereocenters. The van der Waals surface area contributed by atoms with Gasteiger partial charge in [0.15, 0.2) is 0 Å². The highest BCUT2D eigenvalue weighted by Gasteiger charge is 2.32. The van der Waals surface area contributed by atoms with Gasteiger partial charge in [0.2, 0.25) is 5.91 Å². The molecular weight excluding hydrogens is 355 g/mol. The van der Waals surface area contributed by atoms with Gasteiger partial charge in [-0.15, -0.1) is 0 Å². The molecule has 0 saturated carbocycles. The highest BCUT2D eigenvalue weighted by molar-refractivity contribution is 8.00. The molecular formula is C16H14F3N3O2S. The van der Waals surface area contributed by atoms with Crippen molar-refractivity contribution >= 4 is 29.3 Å². The Morgan fingerprint density at radius 3 is 2.48 bits per heavy atom. The standard InChI is InChI=1S/C16H14F3N3O2S/c1-22(10-13(23)21-11-6-3-2-4-7-11)15(24)12-8-5-9-20-14(12)25-16(17,18)19/h2-9H,10H2,1H3,(H,21,23). The van der Waals surface area contributed by atoms with Crippen LogP contribution in [-0.4, -0.2) is 40.8 Å². The number of benzene rings is 1. The van der Waals surface area contributed by atoms with Gasteiger partial charge in [0.25, 0.3) is 5.91 Å². The Morgan fingerprint density at radius 1 is 1.16 bits per heavy atom. The van der Waals surface area contributed by atoms with Crippen molar-refractivity contribution in [3.63, 3.8) is 0 Å². The number of pyridine rings is 1. The number of amides is 2. The van der Waals surface area contributed by atoms with Gasteiger partial charge in [0, 0.05) is 30.7 Å². The zero-order valence-corrected chi connectivity index (χ0v) is 13.9. The zero-order chi connectivity index (χ0) is 18.4. The largest absolute Gasteiger partial charge is 0.447 e. The van der Waals surface area contributed by atoms with Crippen LogP contribution in [0, 0.1) is 0 Å². The molecule has 0 unspecified atom stereocenters. The van der Waals surface area contributed by atoms with Gasteiger partial charge >= 0.3 is 5.51 Å². The Morgan fingerprint density at radius 2 is 1.84 bits per heavy atom. The van der Waals surface area contributed by atoms with E-state index in [4.69, 9.17) is 0 Å². The van der Waals surface area contributed by atoms with Gasteiger partial charge in [-0.05, 0) is 24.3 Å². The van der Waals surface area contributed by atoms with Crippen molar-refractivity contribution in [3.8, 4) is 0 Å². The summed E-state index contributed by atoms with van der Waals surface area (Å²) in [7, 11) is 1.34. The minimum Gasteiger partial charge on any atom is -0.332 e. The molecule has 0 spiro atoms. The molecule has 1 heterocycles. The maximum Gasteiger partial charge on any atom is 0.447 e. The van der Waals surface area contributed by atoms with Crippen molar-refractivity contribution in [2.24, 2.45) is 0 Å². The quantitative estimate of drug-likeness (QED) is 0.821. The Kier molecular flexibility index (Phi) is 6.02.